The van der Waals surface area contributed by atoms with E-state index in [0.29, 0.717) is 17.8 Å². The van der Waals surface area contributed by atoms with Crippen molar-refractivity contribution in [2.24, 2.45) is 17.8 Å². The van der Waals surface area contributed by atoms with Gasteiger partial charge in [-0.1, -0.05) is 17.3 Å². The first-order chi connectivity index (χ1) is 11.6. The van der Waals surface area contributed by atoms with E-state index in [1.54, 1.807) is 0 Å². The fourth-order valence-electron chi connectivity index (χ4n) is 4.41. The lowest BCUT2D eigenvalue weighted by Crippen LogP contribution is -2.43. The van der Waals surface area contributed by atoms with Crippen LogP contribution in [0.1, 0.15) is 43.9 Å². The topological polar surface area (TPSA) is 67.2 Å². The molecule has 2 N–H and O–H groups in total. The number of nitrogens with one attached hydrogen (secondary N) is 2. The summed E-state index contributed by atoms with van der Waals surface area (Å²) in [7, 11) is 0. The van der Waals surface area contributed by atoms with Crippen molar-refractivity contribution < 1.29 is 9.32 Å². The Hall–Kier alpha value is -1.88. The van der Waals surface area contributed by atoms with Crippen molar-refractivity contribution in [3.05, 3.63) is 29.5 Å². The molecule has 5 nitrogen and oxygen atoms in total. The third-order valence-electron chi connectivity index (χ3n) is 5.97. The molecule has 0 bridgehead atoms. The maximum atomic E-state index is 12.7. The molecule has 0 radical (unpaired) electrons. The lowest BCUT2D eigenvalue weighted by atomic mass is 9.95. The number of carbonyl (C=O) groups excluding carboxylic acids is 1. The molecule has 1 amide bonds. The molecule has 1 aliphatic heterocycles. The molecule has 2 aliphatic carbocycles. The van der Waals surface area contributed by atoms with Crippen LogP contribution in [0.4, 0.5) is 0 Å². The molecule has 24 heavy (non-hydrogen) atoms. The van der Waals surface area contributed by atoms with Gasteiger partial charge < -0.3 is 15.2 Å². The van der Waals surface area contributed by atoms with Gasteiger partial charge in [-0.2, -0.15) is 0 Å². The molecule has 2 saturated carbocycles. The minimum absolute atomic E-state index is 0.158. The van der Waals surface area contributed by atoms with Gasteiger partial charge >= 0.3 is 0 Å². The van der Waals surface area contributed by atoms with Crippen molar-refractivity contribution in [2.75, 3.05) is 13.1 Å². The van der Waals surface area contributed by atoms with Gasteiger partial charge in [0.05, 0.1) is 5.54 Å². The Kier molecular flexibility index (Phi) is 2.90. The molecule has 1 aromatic carbocycles. The lowest BCUT2D eigenvalue weighted by Gasteiger charge is -2.24. The normalized spacial score (nSPS) is 28.8. The van der Waals surface area contributed by atoms with Gasteiger partial charge in [0.15, 0.2) is 5.58 Å². The molecule has 3 atom stereocenters. The smallest absolute Gasteiger partial charge is 0.224 e. The summed E-state index contributed by atoms with van der Waals surface area (Å²) in [4.78, 5) is 12.7. The van der Waals surface area contributed by atoms with E-state index in [9.17, 15) is 4.79 Å². The largest absolute Gasteiger partial charge is 0.356 e. The van der Waals surface area contributed by atoms with Crippen molar-refractivity contribution in [3.63, 3.8) is 0 Å². The van der Waals surface area contributed by atoms with E-state index < -0.39 is 5.54 Å². The molecule has 1 aromatic heterocycles. The first-order valence-corrected chi connectivity index (χ1v) is 8.98. The number of carbonyl (C=O) groups is 1. The van der Waals surface area contributed by atoms with Crippen LogP contribution in [0.25, 0.3) is 11.0 Å². The predicted octanol–water partition coefficient (Wildman–Crippen LogP) is 2.52. The fourth-order valence-corrected chi connectivity index (χ4v) is 4.41. The SMILES string of the molecule is CC(C)(NC(=O)C1C2CNC[C@H]21)c1noc2c(C3CC3)cccc12. The first kappa shape index (κ1) is 14.5. The third-order valence-corrected chi connectivity index (χ3v) is 5.97. The van der Waals surface area contributed by atoms with Crippen LogP contribution in [0.5, 0.6) is 0 Å². The second-order valence-corrected chi connectivity index (χ2v) is 8.16. The van der Waals surface area contributed by atoms with E-state index >= 15 is 0 Å². The molecule has 126 valence electrons. The average molecular weight is 325 g/mol. The van der Waals surface area contributed by atoms with Crippen LogP contribution in [0.2, 0.25) is 0 Å². The highest BCUT2D eigenvalue weighted by Gasteiger charge is 2.57. The van der Waals surface area contributed by atoms with Gasteiger partial charge in [-0.25, -0.2) is 0 Å². The number of aromatic nitrogens is 1. The number of fused-ring (bicyclic) bond motifs is 2. The third kappa shape index (κ3) is 2.10. The van der Waals surface area contributed by atoms with Crippen LogP contribution in [0, 0.1) is 17.8 Å². The number of hydrogen-bond acceptors (Lipinski definition) is 4. The maximum Gasteiger partial charge on any atom is 0.224 e. The number of hydrogen-bond donors (Lipinski definition) is 2. The highest BCUT2D eigenvalue weighted by molar-refractivity contribution is 5.87. The van der Waals surface area contributed by atoms with E-state index in [1.807, 2.05) is 13.8 Å². The highest BCUT2D eigenvalue weighted by atomic mass is 16.5. The van der Waals surface area contributed by atoms with Gasteiger partial charge in [-0.15, -0.1) is 0 Å². The lowest BCUT2D eigenvalue weighted by molar-refractivity contribution is -0.124. The summed E-state index contributed by atoms with van der Waals surface area (Å²) in [5, 5.41) is 11.9. The van der Waals surface area contributed by atoms with Gasteiger partial charge in [0.2, 0.25) is 5.91 Å². The second-order valence-electron chi connectivity index (χ2n) is 8.16. The van der Waals surface area contributed by atoms with E-state index in [4.69, 9.17) is 4.52 Å². The number of benzene rings is 1. The van der Waals surface area contributed by atoms with Gasteiger partial charge in [0, 0.05) is 16.9 Å². The molecule has 2 unspecified atom stereocenters. The minimum Gasteiger partial charge on any atom is -0.356 e. The van der Waals surface area contributed by atoms with Crippen molar-refractivity contribution in [1.29, 1.82) is 0 Å². The molecule has 1 saturated heterocycles. The standard InChI is InChI=1S/C19H23N3O2/c1-19(2,21-18(23)15-13-8-20-9-14(13)15)17-12-5-3-4-11(10-6-7-10)16(12)24-22-17/h3-5,10,13-15,20H,6-9H2,1-2H3,(H,21,23)/t13-,14?,15?/m1/s1. The Balaban J connectivity index is 1.43. The first-order valence-electron chi connectivity index (χ1n) is 8.98. The molecular weight excluding hydrogens is 302 g/mol. The van der Waals surface area contributed by atoms with Crippen LogP contribution in [-0.4, -0.2) is 24.2 Å². The Labute approximate surface area is 141 Å². The minimum atomic E-state index is -0.533. The zero-order chi connectivity index (χ0) is 16.5. The zero-order valence-corrected chi connectivity index (χ0v) is 14.1. The van der Waals surface area contributed by atoms with E-state index in [2.05, 4.69) is 34.0 Å². The summed E-state index contributed by atoms with van der Waals surface area (Å²) in [6.07, 6.45) is 2.46. The van der Waals surface area contributed by atoms with Gasteiger partial charge in [-0.05, 0) is 63.6 Å². The van der Waals surface area contributed by atoms with Crippen molar-refractivity contribution >= 4 is 16.9 Å². The van der Waals surface area contributed by atoms with Crippen molar-refractivity contribution in [3.8, 4) is 0 Å². The van der Waals surface area contributed by atoms with Crippen LogP contribution in [-0.2, 0) is 10.3 Å². The van der Waals surface area contributed by atoms with Crippen LogP contribution in [0.15, 0.2) is 22.7 Å². The Morgan fingerprint density at radius 2 is 2.04 bits per heavy atom. The summed E-state index contributed by atoms with van der Waals surface area (Å²) in [5.74, 6) is 2.00. The number of amides is 1. The average Bonchev–Trinajstić information content (AvgIpc) is 3.41. The van der Waals surface area contributed by atoms with Gasteiger partial charge in [-0.3, -0.25) is 4.79 Å². The molecule has 3 fully saturated rings. The fraction of sp³-hybridized carbons (Fsp3) is 0.579. The van der Waals surface area contributed by atoms with Crippen molar-refractivity contribution in [1.82, 2.24) is 15.8 Å². The molecule has 3 aliphatic rings. The maximum absolute atomic E-state index is 12.7. The summed E-state index contributed by atoms with van der Waals surface area (Å²) in [6.45, 7) is 5.98. The summed E-state index contributed by atoms with van der Waals surface area (Å²) < 4.78 is 5.69. The van der Waals surface area contributed by atoms with E-state index in [-0.39, 0.29) is 11.8 Å². The van der Waals surface area contributed by atoms with Crippen LogP contribution in [0.3, 0.4) is 0 Å². The second kappa shape index (κ2) is 4.82. The Morgan fingerprint density at radius 1 is 1.29 bits per heavy atom. The van der Waals surface area contributed by atoms with Gasteiger partial charge in [0.1, 0.15) is 5.69 Å². The Morgan fingerprint density at radius 3 is 2.75 bits per heavy atom. The summed E-state index contributed by atoms with van der Waals surface area (Å²) >= 11 is 0. The van der Waals surface area contributed by atoms with E-state index in [1.165, 1.54) is 18.4 Å². The Bertz CT molecular complexity index is 811. The molecule has 5 heteroatoms. The zero-order valence-electron chi connectivity index (χ0n) is 14.1. The number of nitrogens with zero attached hydrogens (tertiary/aromatic N) is 1. The summed E-state index contributed by atoms with van der Waals surface area (Å²) in [6, 6.07) is 6.27. The van der Waals surface area contributed by atoms with Crippen LogP contribution >= 0.6 is 0 Å². The predicted molar refractivity (Wildman–Crippen MR) is 90.5 cm³/mol. The molecule has 5 rings (SSSR count). The number of piperidine rings is 1. The molecule has 2 heterocycles. The monoisotopic (exact) mass is 325 g/mol. The van der Waals surface area contributed by atoms with Crippen molar-refractivity contribution in [2.45, 2.75) is 38.1 Å². The van der Waals surface area contributed by atoms with E-state index in [0.717, 1.165) is 29.8 Å². The highest BCUT2D eigenvalue weighted by Crippen LogP contribution is 2.49. The van der Waals surface area contributed by atoms with Gasteiger partial charge in [0.25, 0.3) is 0 Å². The molecular formula is C19H23N3O2. The number of rotatable bonds is 4. The quantitative estimate of drug-likeness (QED) is 0.906. The number of para-hydroxylation sites is 1. The molecule has 0 spiro atoms. The summed E-state index contributed by atoms with van der Waals surface area (Å²) in [5.41, 5.74) is 2.45. The van der Waals surface area contributed by atoms with Crippen LogP contribution < -0.4 is 10.6 Å². The molecule has 2 aromatic rings.